The first-order chi connectivity index (χ1) is 8.15. The van der Waals surface area contributed by atoms with Crippen LogP contribution in [-0.2, 0) is 4.79 Å². The lowest BCUT2D eigenvalue weighted by Gasteiger charge is -2.43. The van der Waals surface area contributed by atoms with Gasteiger partial charge in [0, 0.05) is 7.05 Å². The summed E-state index contributed by atoms with van der Waals surface area (Å²) in [5.41, 5.74) is 0.643. The molecule has 1 heterocycles. The van der Waals surface area contributed by atoms with E-state index in [0.717, 1.165) is 31.4 Å². The van der Waals surface area contributed by atoms with Gasteiger partial charge >= 0.3 is 0 Å². The van der Waals surface area contributed by atoms with Gasteiger partial charge in [-0.2, -0.15) is 0 Å². The first kappa shape index (κ1) is 10.6. The van der Waals surface area contributed by atoms with Crippen LogP contribution in [0.25, 0.3) is 0 Å². The number of hydrogen-bond donors (Lipinski definition) is 1. The second-order valence-electron chi connectivity index (χ2n) is 4.89. The Morgan fingerprint density at radius 3 is 2.76 bits per heavy atom. The van der Waals surface area contributed by atoms with Gasteiger partial charge in [0.25, 0.3) is 0 Å². The summed E-state index contributed by atoms with van der Waals surface area (Å²) in [7, 11) is 1.89. The van der Waals surface area contributed by atoms with Crippen molar-refractivity contribution in [2.24, 2.45) is 0 Å². The molecule has 3 nitrogen and oxygen atoms in total. The van der Waals surface area contributed by atoms with Crippen molar-refractivity contribution < 1.29 is 9.18 Å². The van der Waals surface area contributed by atoms with Crippen molar-refractivity contribution in [1.82, 2.24) is 0 Å². The third kappa shape index (κ3) is 1.30. The number of para-hydroxylation sites is 1. The topological polar surface area (TPSA) is 32.3 Å². The van der Waals surface area contributed by atoms with Crippen LogP contribution in [0.1, 0.15) is 25.7 Å². The number of benzene rings is 1. The molecule has 17 heavy (non-hydrogen) atoms. The van der Waals surface area contributed by atoms with Crippen molar-refractivity contribution in [2.45, 2.75) is 31.2 Å². The van der Waals surface area contributed by atoms with Crippen LogP contribution in [0.5, 0.6) is 0 Å². The molecule has 3 rings (SSSR count). The molecule has 1 amide bonds. The minimum absolute atomic E-state index is 0.0601. The van der Waals surface area contributed by atoms with Gasteiger partial charge in [-0.15, -0.1) is 0 Å². The van der Waals surface area contributed by atoms with Crippen LogP contribution in [0.2, 0.25) is 0 Å². The lowest BCUT2D eigenvalue weighted by molar-refractivity contribution is -0.121. The minimum atomic E-state index is -0.458. The van der Waals surface area contributed by atoms with Crippen molar-refractivity contribution >= 4 is 17.3 Å². The van der Waals surface area contributed by atoms with E-state index in [9.17, 15) is 9.18 Å². The van der Waals surface area contributed by atoms with Crippen LogP contribution in [0.3, 0.4) is 0 Å². The molecule has 1 aromatic carbocycles. The quantitative estimate of drug-likeness (QED) is 0.748. The summed E-state index contributed by atoms with van der Waals surface area (Å²) in [6, 6.07) is 4.92. The fraction of sp³-hybridized carbons (Fsp3) is 0.462. The van der Waals surface area contributed by atoms with Gasteiger partial charge in [-0.3, -0.25) is 4.79 Å². The maximum absolute atomic E-state index is 13.7. The molecule has 1 aliphatic heterocycles. The largest absolute Gasteiger partial charge is 0.358 e. The van der Waals surface area contributed by atoms with Crippen LogP contribution in [0, 0.1) is 5.82 Å². The second-order valence-corrected chi connectivity index (χ2v) is 4.89. The van der Waals surface area contributed by atoms with E-state index in [0.29, 0.717) is 5.69 Å². The van der Waals surface area contributed by atoms with Crippen LogP contribution >= 0.6 is 0 Å². The zero-order valence-electron chi connectivity index (χ0n) is 9.79. The molecule has 0 saturated heterocycles. The Bertz CT molecular complexity index is 480. The fourth-order valence-electron chi connectivity index (χ4n) is 3.05. The Balaban J connectivity index is 2.13. The average Bonchev–Trinajstić information content (AvgIpc) is 2.79. The number of anilines is 2. The number of halogens is 1. The van der Waals surface area contributed by atoms with Gasteiger partial charge in [0.05, 0.1) is 5.69 Å². The number of likely N-dealkylation sites (N-methyl/N-ethyl adjacent to an activating group) is 1. The fourth-order valence-corrected chi connectivity index (χ4v) is 3.05. The molecule has 1 saturated carbocycles. The van der Waals surface area contributed by atoms with Gasteiger partial charge < -0.3 is 10.2 Å². The lowest BCUT2D eigenvalue weighted by Crippen LogP contribution is -2.56. The summed E-state index contributed by atoms with van der Waals surface area (Å²) in [5, 5.41) is 2.74. The van der Waals surface area contributed by atoms with E-state index in [1.165, 1.54) is 6.07 Å². The van der Waals surface area contributed by atoms with Gasteiger partial charge in [-0.1, -0.05) is 18.9 Å². The zero-order valence-corrected chi connectivity index (χ0v) is 9.79. The highest BCUT2D eigenvalue weighted by Gasteiger charge is 2.48. The summed E-state index contributed by atoms with van der Waals surface area (Å²) >= 11 is 0. The van der Waals surface area contributed by atoms with Crippen molar-refractivity contribution in [2.75, 3.05) is 17.3 Å². The molecule has 1 aliphatic carbocycles. The number of carbonyl (C=O) groups excluding carboxylic acids is 1. The summed E-state index contributed by atoms with van der Waals surface area (Å²) in [5.74, 6) is -0.425. The molecule has 0 radical (unpaired) electrons. The predicted octanol–water partition coefficient (Wildman–Crippen LogP) is 2.53. The molecule has 1 fully saturated rings. The van der Waals surface area contributed by atoms with Gasteiger partial charge in [0.15, 0.2) is 0 Å². The molecule has 1 spiro atoms. The maximum atomic E-state index is 13.7. The number of nitrogens with one attached hydrogen (secondary N) is 1. The molecular formula is C13H15FN2O. The Hall–Kier alpha value is -1.58. The Kier molecular flexibility index (Phi) is 2.15. The summed E-state index contributed by atoms with van der Waals surface area (Å²) < 4.78 is 13.7. The highest BCUT2D eigenvalue weighted by molar-refractivity contribution is 6.06. The highest BCUT2D eigenvalue weighted by Crippen LogP contribution is 2.44. The molecule has 90 valence electrons. The summed E-state index contributed by atoms with van der Waals surface area (Å²) in [6.07, 6.45) is 3.82. The highest BCUT2D eigenvalue weighted by atomic mass is 19.1. The number of hydrogen-bond acceptors (Lipinski definition) is 2. The third-order valence-electron chi connectivity index (χ3n) is 4.09. The molecule has 0 atom stereocenters. The molecule has 0 aromatic heterocycles. The van der Waals surface area contributed by atoms with E-state index >= 15 is 0 Å². The number of carbonyl (C=O) groups is 1. The second kappa shape index (κ2) is 3.45. The number of fused-ring (bicyclic) bond motifs is 1. The molecule has 1 aromatic rings. The monoisotopic (exact) mass is 234 g/mol. The predicted molar refractivity (Wildman–Crippen MR) is 64.6 cm³/mol. The van der Waals surface area contributed by atoms with Crippen molar-refractivity contribution in [3.63, 3.8) is 0 Å². The minimum Gasteiger partial charge on any atom is -0.358 e. The standard InChI is InChI=1S/C13H15FN2O/c1-16-10-6-4-5-9(14)11(10)15-12(17)13(16)7-2-3-8-13/h4-6H,2-3,7-8H2,1H3,(H,15,17). The van der Waals surface area contributed by atoms with Crippen LogP contribution in [0.15, 0.2) is 18.2 Å². The average molecular weight is 234 g/mol. The number of amides is 1. The van der Waals surface area contributed by atoms with Gasteiger partial charge in [-0.05, 0) is 25.0 Å². The third-order valence-corrected chi connectivity index (χ3v) is 4.09. The van der Waals surface area contributed by atoms with Crippen LogP contribution in [0.4, 0.5) is 15.8 Å². The smallest absolute Gasteiger partial charge is 0.250 e. The van der Waals surface area contributed by atoms with E-state index in [-0.39, 0.29) is 11.7 Å². The van der Waals surface area contributed by atoms with Crippen molar-refractivity contribution in [1.29, 1.82) is 0 Å². The normalized spacial score (nSPS) is 21.5. The Labute approximate surface area is 99.6 Å². The van der Waals surface area contributed by atoms with E-state index in [1.54, 1.807) is 6.07 Å². The van der Waals surface area contributed by atoms with E-state index in [1.807, 2.05) is 18.0 Å². The number of rotatable bonds is 0. The maximum Gasteiger partial charge on any atom is 0.250 e. The van der Waals surface area contributed by atoms with E-state index in [2.05, 4.69) is 5.32 Å². The first-order valence-electron chi connectivity index (χ1n) is 5.99. The first-order valence-corrected chi connectivity index (χ1v) is 5.99. The van der Waals surface area contributed by atoms with Crippen LogP contribution < -0.4 is 10.2 Å². The Morgan fingerprint density at radius 2 is 2.06 bits per heavy atom. The van der Waals surface area contributed by atoms with Gasteiger partial charge in [0.1, 0.15) is 17.0 Å². The molecule has 0 bridgehead atoms. The van der Waals surface area contributed by atoms with Gasteiger partial charge in [0.2, 0.25) is 5.91 Å². The molecule has 4 heteroatoms. The van der Waals surface area contributed by atoms with E-state index < -0.39 is 5.54 Å². The van der Waals surface area contributed by atoms with Crippen LogP contribution in [-0.4, -0.2) is 18.5 Å². The van der Waals surface area contributed by atoms with Gasteiger partial charge in [-0.25, -0.2) is 4.39 Å². The molecule has 1 N–H and O–H groups in total. The zero-order chi connectivity index (χ0) is 12.0. The Morgan fingerprint density at radius 1 is 1.35 bits per heavy atom. The molecule has 0 unspecified atom stereocenters. The molecular weight excluding hydrogens is 219 g/mol. The van der Waals surface area contributed by atoms with E-state index in [4.69, 9.17) is 0 Å². The summed E-state index contributed by atoms with van der Waals surface area (Å²) in [4.78, 5) is 14.2. The van der Waals surface area contributed by atoms with Crippen molar-refractivity contribution in [3.8, 4) is 0 Å². The number of nitrogens with zero attached hydrogens (tertiary/aromatic N) is 1. The van der Waals surface area contributed by atoms with Crippen molar-refractivity contribution in [3.05, 3.63) is 24.0 Å². The SMILES string of the molecule is CN1c2cccc(F)c2NC(=O)C12CCCC2. The summed E-state index contributed by atoms with van der Waals surface area (Å²) in [6.45, 7) is 0. The molecule has 2 aliphatic rings. The lowest BCUT2D eigenvalue weighted by atomic mass is 9.91.